The molecule has 0 radical (unpaired) electrons. The molecule has 1 amide bonds. The molecular weight excluding hydrogens is 346 g/mol. The zero-order valence-electron chi connectivity index (χ0n) is 12.1. The van der Waals surface area contributed by atoms with Gasteiger partial charge in [-0.15, -0.1) is 0 Å². The molecule has 22 heavy (non-hydrogen) atoms. The highest BCUT2D eigenvalue weighted by Crippen LogP contribution is 2.29. The largest absolute Gasteiger partial charge is 0.493 e. The molecule has 114 valence electrons. The van der Waals surface area contributed by atoms with Crippen molar-refractivity contribution in [2.45, 2.75) is 6.61 Å². The van der Waals surface area contributed by atoms with Crippen LogP contribution in [0.25, 0.3) is 6.08 Å². The van der Waals surface area contributed by atoms with Crippen LogP contribution in [0, 0.1) is 0 Å². The van der Waals surface area contributed by atoms with E-state index in [1.165, 1.54) is 6.08 Å². The van der Waals surface area contributed by atoms with Crippen molar-refractivity contribution < 1.29 is 14.3 Å². The van der Waals surface area contributed by atoms with Crippen molar-refractivity contribution in [3.05, 3.63) is 64.1 Å². The maximum Gasteiger partial charge on any atom is 0.241 e. The zero-order valence-corrected chi connectivity index (χ0v) is 13.7. The lowest BCUT2D eigenvalue weighted by Crippen LogP contribution is -2.05. The Bertz CT molecular complexity index is 698. The van der Waals surface area contributed by atoms with Crippen LogP contribution in [-0.2, 0) is 11.4 Å². The van der Waals surface area contributed by atoms with Gasteiger partial charge < -0.3 is 15.2 Å². The Morgan fingerprint density at radius 3 is 2.73 bits per heavy atom. The predicted octanol–water partition coefficient (Wildman–Crippen LogP) is 3.54. The van der Waals surface area contributed by atoms with Gasteiger partial charge in [0.05, 0.1) is 7.11 Å². The van der Waals surface area contributed by atoms with Gasteiger partial charge >= 0.3 is 0 Å². The van der Waals surface area contributed by atoms with E-state index in [1.54, 1.807) is 25.3 Å². The smallest absolute Gasteiger partial charge is 0.241 e. The van der Waals surface area contributed by atoms with Crippen molar-refractivity contribution in [3.8, 4) is 11.5 Å². The van der Waals surface area contributed by atoms with Gasteiger partial charge in [0.2, 0.25) is 5.91 Å². The van der Waals surface area contributed by atoms with Crippen LogP contribution < -0.4 is 15.2 Å². The molecule has 2 aromatic carbocycles. The first kappa shape index (κ1) is 16.1. The molecule has 5 heteroatoms. The highest BCUT2D eigenvalue weighted by molar-refractivity contribution is 9.10. The van der Waals surface area contributed by atoms with Crippen molar-refractivity contribution >= 4 is 27.9 Å². The van der Waals surface area contributed by atoms with E-state index in [4.69, 9.17) is 15.2 Å². The first-order valence-electron chi connectivity index (χ1n) is 6.61. The second-order valence-corrected chi connectivity index (χ2v) is 5.48. The SMILES string of the molecule is COc1ccc(/C=C/C(N)=O)cc1OCc1cccc(Br)c1. The van der Waals surface area contributed by atoms with Crippen molar-refractivity contribution in [2.75, 3.05) is 7.11 Å². The fourth-order valence-corrected chi connectivity index (χ4v) is 2.32. The number of halogens is 1. The van der Waals surface area contributed by atoms with E-state index in [2.05, 4.69) is 15.9 Å². The number of hydrogen-bond donors (Lipinski definition) is 1. The third-order valence-corrected chi connectivity index (χ3v) is 3.40. The van der Waals surface area contributed by atoms with E-state index < -0.39 is 5.91 Å². The fourth-order valence-electron chi connectivity index (χ4n) is 1.88. The summed E-state index contributed by atoms with van der Waals surface area (Å²) in [6, 6.07) is 13.3. The minimum atomic E-state index is -0.493. The summed E-state index contributed by atoms with van der Waals surface area (Å²) in [6.45, 7) is 0.415. The molecule has 2 N–H and O–H groups in total. The fraction of sp³-hybridized carbons (Fsp3) is 0.118. The molecule has 0 aromatic heterocycles. The zero-order chi connectivity index (χ0) is 15.9. The molecule has 0 aliphatic heterocycles. The Kier molecular flexibility index (Phi) is 5.61. The maximum atomic E-state index is 10.8. The summed E-state index contributed by atoms with van der Waals surface area (Å²) in [5.74, 6) is 0.743. The quantitative estimate of drug-likeness (QED) is 0.800. The molecule has 0 saturated heterocycles. The number of ether oxygens (including phenoxy) is 2. The molecule has 2 rings (SSSR count). The van der Waals surface area contributed by atoms with Gasteiger partial charge in [0, 0.05) is 10.5 Å². The molecule has 0 bridgehead atoms. The van der Waals surface area contributed by atoms with E-state index in [0.29, 0.717) is 18.1 Å². The van der Waals surface area contributed by atoms with Crippen LogP contribution in [-0.4, -0.2) is 13.0 Å². The minimum Gasteiger partial charge on any atom is -0.493 e. The van der Waals surface area contributed by atoms with Gasteiger partial charge in [-0.25, -0.2) is 0 Å². The van der Waals surface area contributed by atoms with Crippen LogP contribution in [0.2, 0.25) is 0 Å². The van der Waals surface area contributed by atoms with Crippen molar-refractivity contribution in [3.63, 3.8) is 0 Å². The van der Waals surface area contributed by atoms with Gasteiger partial charge in [-0.1, -0.05) is 34.1 Å². The number of carbonyl (C=O) groups is 1. The maximum absolute atomic E-state index is 10.8. The lowest BCUT2D eigenvalue weighted by molar-refractivity contribution is -0.113. The van der Waals surface area contributed by atoms with E-state index in [1.807, 2.05) is 30.3 Å². The predicted molar refractivity (Wildman–Crippen MR) is 89.7 cm³/mol. The molecule has 0 fully saturated rings. The number of rotatable bonds is 6. The summed E-state index contributed by atoms with van der Waals surface area (Å²) in [5.41, 5.74) is 6.94. The summed E-state index contributed by atoms with van der Waals surface area (Å²) in [5, 5.41) is 0. The minimum absolute atomic E-state index is 0.415. The molecule has 0 unspecified atom stereocenters. The van der Waals surface area contributed by atoms with Gasteiger partial charge in [0.1, 0.15) is 6.61 Å². The number of methoxy groups -OCH3 is 1. The average Bonchev–Trinajstić information content (AvgIpc) is 2.51. The molecule has 4 nitrogen and oxygen atoms in total. The summed E-state index contributed by atoms with van der Waals surface area (Å²) < 4.78 is 12.1. The number of amides is 1. The molecule has 0 aliphatic rings. The van der Waals surface area contributed by atoms with Gasteiger partial charge in [0.15, 0.2) is 11.5 Å². The van der Waals surface area contributed by atoms with E-state index >= 15 is 0 Å². The molecule has 0 heterocycles. The number of primary amides is 1. The standard InChI is InChI=1S/C17H16BrNO3/c1-21-15-7-5-12(6-8-17(19)20)10-16(15)22-11-13-3-2-4-14(18)9-13/h2-10H,11H2,1H3,(H2,19,20)/b8-6+. The van der Waals surface area contributed by atoms with Crippen LogP contribution in [0.3, 0.4) is 0 Å². The molecule has 0 aliphatic carbocycles. The highest BCUT2D eigenvalue weighted by Gasteiger charge is 2.06. The Balaban J connectivity index is 2.17. The molecule has 0 atom stereocenters. The Morgan fingerprint density at radius 1 is 1.23 bits per heavy atom. The molecule has 0 spiro atoms. The van der Waals surface area contributed by atoms with Gasteiger partial charge in [-0.3, -0.25) is 4.79 Å². The molecular formula is C17H16BrNO3. The normalized spacial score (nSPS) is 10.6. The van der Waals surface area contributed by atoms with Gasteiger partial charge in [-0.05, 0) is 41.5 Å². The number of nitrogens with two attached hydrogens (primary N) is 1. The van der Waals surface area contributed by atoms with Crippen LogP contribution in [0.4, 0.5) is 0 Å². The third-order valence-electron chi connectivity index (χ3n) is 2.91. The summed E-state index contributed by atoms with van der Waals surface area (Å²) in [4.78, 5) is 10.8. The van der Waals surface area contributed by atoms with Gasteiger partial charge in [-0.2, -0.15) is 0 Å². The highest BCUT2D eigenvalue weighted by atomic mass is 79.9. The van der Waals surface area contributed by atoms with Crippen molar-refractivity contribution in [1.29, 1.82) is 0 Å². The van der Waals surface area contributed by atoms with Crippen LogP contribution in [0.15, 0.2) is 53.0 Å². The topological polar surface area (TPSA) is 61.5 Å². The number of benzene rings is 2. The summed E-state index contributed by atoms with van der Waals surface area (Å²) >= 11 is 3.43. The Hall–Kier alpha value is -2.27. The van der Waals surface area contributed by atoms with Crippen LogP contribution >= 0.6 is 15.9 Å². The van der Waals surface area contributed by atoms with E-state index in [0.717, 1.165) is 15.6 Å². The third kappa shape index (κ3) is 4.63. The van der Waals surface area contributed by atoms with Crippen LogP contribution in [0.1, 0.15) is 11.1 Å². The van der Waals surface area contributed by atoms with E-state index in [9.17, 15) is 4.79 Å². The summed E-state index contributed by atoms with van der Waals surface area (Å²) in [7, 11) is 1.58. The first-order valence-corrected chi connectivity index (χ1v) is 7.40. The Morgan fingerprint density at radius 2 is 2.05 bits per heavy atom. The lowest BCUT2D eigenvalue weighted by atomic mass is 10.2. The first-order chi connectivity index (χ1) is 10.6. The van der Waals surface area contributed by atoms with Gasteiger partial charge in [0.25, 0.3) is 0 Å². The monoisotopic (exact) mass is 361 g/mol. The molecule has 2 aromatic rings. The average molecular weight is 362 g/mol. The molecule has 0 saturated carbocycles. The second-order valence-electron chi connectivity index (χ2n) is 4.56. The number of carbonyl (C=O) groups excluding carboxylic acids is 1. The number of hydrogen-bond acceptors (Lipinski definition) is 3. The van der Waals surface area contributed by atoms with Crippen LogP contribution in [0.5, 0.6) is 11.5 Å². The van der Waals surface area contributed by atoms with E-state index in [-0.39, 0.29) is 0 Å². The van der Waals surface area contributed by atoms with Crippen molar-refractivity contribution in [2.24, 2.45) is 5.73 Å². The Labute approximate surface area is 137 Å². The lowest BCUT2D eigenvalue weighted by Gasteiger charge is -2.11. The second kappa shape index (κ2) is 7.66. The van der Waals surface area contributed by atoms with Crippen molar-refractivity contribution in [1.82, 2.24) is 0 Å². The summed E-state index contributed by atoms with van der Waals surface area (Å²) in [6.07, 6.45) is 2.94.